The Labute approximate surface area is 163 Å². The van der Waals surface area contributed by atoms with Crippen molar-refractivity contribution in [1.82, 2.24) is 4.98 Å². The zero-order valence-corrected chi connectivity index (χ0v) is 16.2. The van der Waals surface area contributed by atoms with Gasteiger partial charge in [-0.05, 0) is 37.3 Å². The Morgan fingerprint density at radius 1 is 1.23 bits per heavy atom. The van der Waals surface area contributed by atoms with Gasteiger partial charge in [-0.25, -0.2) is 4.98 Å². The Morgan fingerprint density at radius 2 is 2.04 bits per heavy atom. The summed E-state index contributed by atoms with van der Waals surface area (Å²) in [6.07, 6.45) is 0. The smallest absolute Gasteiger partial charge is 0.237 e. The number of fused-ring (bicyclic) bond motifs is 2. The second-order valence-electron chi connectivity index (χ2n) is 5.70. The molecule has 4 rings (SSSR count). The Morgan fingerprint density at radius 3 is 2.88 bits per heavy atom. The Bertz CT molecular complexity index is 976. The van der Waals surface area contributed by atoms with Crippen molar-refractivity contribution in [2.24, 2.45) is 0 Å². The molecule has 1 aliphatic heterocycles. The third-order valence-corrected chi connectivity index (χ3v) is 6.25. The molecule has 0 spiro atoms. The van der Waals surface area contributed by atoms with E-state index in [-0.39, 0.29) is 11.2 Å². The number of benzene rings is 2. The number of hydrogen-bond donors (Lipinski definition) is 1. The van der Waals surface area contributed by atoms with Crippen LogP contribution in [0.15, 0.2) is 40.7 Å². The van der Waals surface area contributed by atoms with Crippen LogP contribution in [0.1, 0.15) is 6.92 Å². The second-order valence-corrected chi connectivity index (χ2v) is 8.75. The summed E-state index contributed by atoms with van der Waals surface area (Å²) in [6, 6.07) is 11.0. The van der Waals surface area contributed by atoms with Crippen molar-refractivity contribution >= 4 is 56.5 Å². The molecule has 1 aromatic heterocycles. The minimum atomic E-state index is -0.292. The molecule has 1 amide bonds. The van der Waals surface area contributed by atoms with Gasteiger partial charge in [-0.1, -0.05) is 23.4 Å². The molecule has 0 unspecified atom stereocenters. The van der Waals surface area contributed by atoms with Crippen molar-refractivity contribution in [3.8, 4) is 11.5 Å². The fraction of sp³-hybridized carbons (Fsp3) is 0.222. The number of nitrogens with one attached hydrogen (secondary N) is 1. The van der Waals surface area contributed by atoms with Crippen LogP contribution in [0, 0.1) is 0 Å². The van der Waals surface area contributed by atoms with Crippen LogP contribution >= 0.6 is 34.7 Å². The number of thiazole rings is 1. The molecule has 26 heavy (non-hydrogen) atoms. The van der Waals surface area contributed by atoms with Crippen LogP contribution in [-0.4, -0.2) is 29.4 Å². The molecule has 2 aromatic carbocycles. The van der Waals surface area contributed by atoms with E-state index in [1.807, 2.05) is 31.2 Å². The first-order valence-corrected chi connectivity index (χ1v) is 10.1. The predicted octanol–water partition coefficient (Wildman–Crippen LogP) is 4.84. The SMILES string of the molecule is C[C@H](Sc1nc2cc(Cl)ccc2s1)C(=O)Nc1ccc2c(c1)OCCO2. The average molecular weight is 407 g/mol. The van der Waals surface area contributed by atoms with Gasteiger partial charge >= 0.3 is 0 Å². The fourth-order valence-corrected chi connectivity index (χ4v) is 4.86. The first-order chi connectivity index (χ1) is 12.6. The second kappa shape index (κ2) is 7.34. The Balaban J connectivity index is 1.43. The minimum absolute atomic E-state index is 0.0935. The molecule has 0 saturated carbocycles. The molecule has 1 aliphatic rings. The summed E-state index contributed by atoms with van der Waals surface area (Å²) < 4.78 is 12.9. The lowest BCUT2D eigenvalue weighted by molar-refractivity contribution is -0.115. The summed E-state index contributed by atoms with van der Waals surface area (Å²) in [5.41, 5.74) is 1.53. The molecule has 0 fully saturated rings. The number of carbonyl (C=O) groups is 1. The number of amides is 1. The van der Waals surface area contributed by atoms with Crippen LogP contribution in [0.2, 0.25) is 5.02 Å². The molecule has 0 aliphatic carbocycles. The number of anilines is 1. The van der Waals surface area contributed by atoms with E-state index in [1.54, 1.807) is 23.5 Å². The first kappa shape index (κ1) is 17.5. The van der Waals surface area contributed by atoms with Crippen LogP contribution in [-0.2, 0) is 4.79 Å². The zero-order valence-electron chi connectivity index (χ0n) is 13.8. The maximum atomic E-state index is 12.5. The largest absolute Gasteiger partial charge is 0.486 e. The van der Waals surface area contributed by atoms with Gasteiger partial charge in [-0.15, -0.1) is 11.3 Å². The third-order valence-electron chi connectivity index (χ3n) is 3.79. The monoisotopic (exact) mass is 406 g/mol. The summed E-state index contributed by atoms with van der Waals surface area (Å²) in [6.45, 7) is 2.91. The van der Waals surface area contributed by atoms with Gasteiger partial charge in [-0.3, -0.25) is 4.79 Å². The van der Waals surface area contributed by atoms with Crippen LogP contribution < -0.4 is 14.8 Å². The number of thioether (sulfide) groups is 1. The van der Waals surface area contributed by atoms with Gasteiger partial charge in [0.05, 0.1) is 15.5 Å². The topological polar surface area (TPSA) is 60.5 Å². The Hall–Kier alpha value is -1.96. The fourth-order valence-electron chi connectivity index (χ4n) is 2.50. The van der Waals surface area contributed by atoms with E-state index in [2.05, 4.69) is 10.3 Å². The maximum absolute atomic E-state index is 12.5. The molecule has 1 atom stereocenters. The molecule has 3 aromatic rings. The van der Waals surface area contributed by atoms with Crippen LogP contribution in [0.3, 0.4) is 0 Å². The molecular weight excluding hydrogens is 392 g/mol. The predicted molar refractivity (Wildman–Crippen MR) is 106 cm³/mol. The molecule has 5 nitrogen and oxygen atoms in total. The van der Waals surface area contributed by atoms with E-state index >= 15 is 0 Å². The van der Waals surface area contributed by atoms with E-state index in [9.17, 15) is 4.79 Å². The highest BCUT2D eigenvalue weighted by Gasteiger charge is 2.18. The van der Waals surface area contributed by atoms with Crippen LogP contribution in [0.5, 0.6) is 11.5 Å². The average Bonchev–Trinajstić information content (AvgIpc) is 3.02. The lowest BCUT2D eigenvalue weighted by atomic mass is 10.2. The van der Waals surface area contributed by atoms with Crippen molar-refractivity contribution in [3.63, 3.8) is 0 Å². The highest BCUT2D eigenvalue weighted by Crippen LogP contribution is 2.35. The lowest BCUT2D eigenvalue weighted by Crippen LogP contribution is -2.22. The molecule has 2 heterocycles. The van der Waals surface area contributed by atoms with Crippen molar-refractivity contribution in [2.45, 2.75) is 16.5 Å². The quantitative estimate of drug-likeness (QED) is 0.628. The number of ether oxygens (including phenoxy) is 2. The number of rotatable bonds is 4. The molecule has 0 saturated heterocycles. The molecule has 8 heteroatoms. The summed E-state index contributed by atoms with van der Waals surface area (Å²) in [4.78, 5) is 17.0. The molecule has 0 radical (unpaired) electrons. The van der Waals surface area contributed by atoms with Gasteiger partial charge in [-0.2, -0.15) is 0 Å². The standard InChI is InChI=1S/C18H15ClN2O3S2/c1-10(25-18-21-13-8-11(19)2-5-16(13)26-18)17(22)20-12-3-4-14-15(9-12)24-7-6-23-14/h2-5,8-10H,6-7H2,1H3,(H,20,22)/t10-/m0/s1. The summed E-state index contributed by atoms with van der Waals surface area (Å²) in [5.74, 6) is 1.26. The normalized spacial score (nSPS) is 14.2. The molecular formula is C18H15ClN2O3S2. The van der Waals surface area contributed by atoms with E-state index in [4.69, 9.17) is 21.1 Å². The highest BCUT2D eigenvalue weighted by atomic mass is 35.5. The van der Waals surface area contributed by atoms with Crippen molar-refractivity contribution in [3.05, 3.63) is 41.4 Å². The number of hydrogen-bond acceptors (Lipinski definition) is 6. The first-order valence-electron chi connectivity index (χ1n) is 8.02. The number of nitrogens with zero attached hydrogens (tertiary/aromatic N) is 1. The van der Waals surface area contributed by atoms with Crippen molar-refractivity contribution in [2.75, 3.05) is 18.5 Å². The van der Waals surface area contributed by atoms with Gasteiger partial charge in [0.2, 0.25) is 5.91 Å². The highest BCUT2D eigenvalue weighted by molar-refractivity contribution is 8.02. The molecule has 1 N–H and O–H groups in total. The lowest BCUT2D eigenvalue weighted by Gasteiger charge is -2.19. The minimum Gasteiger partial charge on any atom is -0.486 e. The number of halogens is 1. The van der Waals surface area contributed by atoms with Gasteiger partial charge in [0.15, 0.2) is 15.8 Å². The van der Waals surface area contributed by atoms with Gasteiger partial charge in [0.25, 0.3) is 0 Å². The van der Waals surface area contributed by atoms with Gasteiger partial charge < -0.3 is 14.8 Å². The van der Waals surface area contributed by atoms with Crippen LogP contribution in [0.4, 0.5) is 5.69 Å². The van der Waals surface area contributed by atoms with E-state index in [0.717, 1.165) is 14.6 Å². The Kier molecular flexibility index (Phi) is 4.93. The summed E-state index contributed by atoms with van der Waals surface area (Å²) in [5, 5.41) is 3.28. The van der Waals surface area contributed by atoms with Gasteiger partial charge in [0.1, 0.15) is 13.2 Å². The van der Waals surface area contributed by atoms with Crippen LogP contribution in [0.25, 0.3) is 10.2 Å². The zero-order chi connectivity index (χ0) is 18.1. The summed E-state index contributed by atoms with van der Waals surface area (Å²) in [7, 11) is 0. The maximum Gasteiger partial charge on any atom is 0.237 e. The third kappa shape index (κ3) is 3.75. The molecule has 134 valence electrons. The molecule has 0 bridgehead atoms. The summed E-state index contributed by atoms with van der Waals surface area (Å²) >= 11 is 8.98. The van der Waals surface area contributed by atoms with E-state index in [0.29, 0.717) is 35.4 Å². The van der Waals surface area contributed by atoms with Gasteiger partial charge in [0, 0.05) is 16.8 Å². The van der Waals surface area contributed by atoms with E-state index in [1.165, 1.54) is 11.8 Å². The van der Waals surface area contributed by atoms with Crippen molar-refractivity contribution in [1.29, 1.82) is 0 Å². The van der Waals surface area contributed by atoms with Crippen molar-refractivity contribution < 1.29 is 14.3 Å². The van der Waals surface area contributed by atoms with E-state index < -0.39 is 0 Å². The number of aromatic nitrogens is 1. The number of carbonyl (C=O) groups excluding carboxylic acids is 1.